The highest BCUT2D eigenvalue weighted by molar-refractivity contribution is 6.40. The van der Waals surface area contributed by atoms with Crippen LogP contribution in [0.25, 0.3) is 0 Å². The number of benzene rings is 1. The molecule has 1 atom stereocenters. The smallest absolute Gasteiger partial charge is 0.332 e. The van der Waals surface area contributed by atoms with Gasteiger partial charge in [0.05, 0.1) is 18.6 Å². The number of aliphatic hydroxyl groups is 1. The minimum absolute atomic E-state index is 0.113. The van der Waals surface area contributed by atoms with E-state index in [0.29, 0.717) is 6.61 Å². The van der Waals surface area contributed by atoms with E-state index in [2.05, 4.69) is 0 Å². The van der Waals surface area contributed by atoms with Crippen molar-refractivity contribution in [1.29, 1.82) is 0 Å². The first-order valence-electron chi connectivity index (χ1n) is 5.26. The van der Waals surface area contributed by atoms with Crippen molar-refractivity contribution < 1.29 is 19.7 Å². The third-order valence-electron chi connectivity index (χ3n) is 1.93. The molecule has 0 aromatic heterocycles. The summed E-state index contributed by atoms with van der Waals surface area (Å²) in [7, 11) is 0. The predicted octanol–water partition coefficient (Wildman–Crippen LogP) is 2.46. The summed E-state index contributed by atoms with van der Waals surface area (Å²) in [4.78, 5) is 10.3. The maximum absolute atomic E-state index is 10.3. The first-order valence-corrected chi connectivity index (χ1v) is 6.33. The van der Waals surface area contributed by atoms with Gasteiger partial charge in [0, 0.05) is 6.42 Å². The molecule has 0 radical (unpaired) electrons. The number of aliphatic carboxylic acids is 1. The van der Waals surface area contributed by atoms with Crippen LogP contribution in [0.2, 0.25) is 0 Å². The monoisotopic (exact) mass is 294 g/mol. The number of alkyl halides is 2. The Bertz CT molecular complexity index is 319. The van der Waals surface area contributed by atoms with Crippen LogP contribution in [0, 0.1) is 0 Å². The van der Waals surface area contributed by atoms with Gasteiger partial charge in [-0.15, -0.1) is 23.2 Å². The van der Waals surface area contributed by atoms with E-state index in [1.54, 1.807) is 0 Å². The SMILES string of the molecule is ClCCl.O=C(O)[C@@H](O)CCOCc1ccccc1. The third-order valence-corrected chi connectivity index (χ3v) is 1.93. The van der Waals surface area contributed by atoms with Crippen LogP contribution in [-0.4, -0.2) is 34.2 Å². The number of hydrogen-bond acceptors (Lipinski definition) is 3. The summed E-state index contributed by atoms with van der Waals surface area (Å²) in [5.74, 6) is -1.21. The summed E-state index contributed by atoms with van der Waals surface area (Å²) >= 11 is 9.53. The molecule has 102 valence electrons. The molecule has 0 aliphatic carbocycles. The summed E-state index contributed by atoms with van der Waals surface area (Å²) in [6, 6.07) is 9.58. The molecular formula is C12H16Cl2O4. The van der Waals surface area contributed by atoms with Crippen molar-refractivity contribution in [2.75, 3.05) is 11.9 Å². The van der Waals surface area contributed by atoms with Crippen LogP contribution < -0.4 is 0 Å². The van der Waals surface area contributed by atoms with E-state index in [1.165, 1.54) is 0 Å². The van der Waals surface area contributed by atoms with Crippen molar-refractivity contribution in [2.45, 2.75) is 19.1 Å². The van der Waals surface area contributed by atoms with Crippen molar-refractivity contribution in [3.63, 3.8) is 0 Å². The fourth-order valence-electron chi connectivity index (χ4n) is 1.08. The number of hydrogen-bond donors (Lipinski definition) is 2. The molecule has 4 nitrogen and oxygen atoms in total. The van der Waals surface area contributed by atoms with E-state index < -0.39 is 12.1 Å². The highest BCUT2D eigenvalue weighted by Gasteiger charge is 2.11. The van der Waals surface area contributed by atoms with Crippen LogP contribution in [0.1, 0.15) is 12.0 Å². The Morgan fingerprint density at radius 2 is 1.83 bits per heavy atom. The number of halogens is 2. The summed E-state index contributed by atoms with van der Waals surface area (Å²) in [5, 5.41) is 17.5. The van der Waals surface area contributed by atoms with Gasteiger partial charge in [0.2, 0.25) is 0 Å². The lowest BCUT2D eigenvalue weighted by Crippen LogP contribution is -2.21. The molecule has 1 aromatic rings. The van der Waals surface area contributed by atoms with Crippen LogP contribution in [0.5, 0.6) is 0 Å². The maximum Gasteiger partial charge on any atom is 0.332 e. The maximum atomic E-state index is 10.3. The summed E-state index contributed by atoms with van der Waals surface area (Å²) in [6.07, 6.45) is -1.22. The van der Waals surface area contributed by atoms with Crippen LogP contribution >= 0.6 is 23.2 Å². The van der Waals surface area contributed by atoms with Crippen molar-refractivity contribution in [3.8, 4) is 0 Å². The standard InChI is InChI=1S/C11H14O4.CH2Cl2/c12-10(11(13)14)6-7-15-8-9-4-2-1-3-5-9;2-1-3/h1-5,10,12H,6-8H2,(H,13,14);1H2/t10-;/m0./s1. The molecule has 0 saturated heterocycles. The average molecular weight is 295 g/mol. The zero-order valence-electron chi connectivity index (χ0n) is 9.76. The molecule has 6 heteroatoms. The topological polar surface area (TPSA) is 66.8 Å². The van der Waals surface area contributed by atoms with Gasteiger partial charge in [-0.25, -0.2) is 4.79 Å². The van der Waals surface area contributed by atoms with E-state index in [1.807, 2.05) is 30.3 Å². The van der Waals surface area contributed by atoms with E-state index in [-0.39, 0.29) is 18.4 Å². The predicted molar refractivity (Wildman–Crippen MR) is 70.9 cm³/mol. The lowest BCUT2D eigenvalue weighted by atomic mass is 10.2. The second-order valence-electron chi connectivity index (χ2n) is 3.28. The fraction of sp³-hybridized carbons (Fsp3) is 0.417. The molecule has 0 fully saturated rings. The Kier molecular flexibility index (Phi) is 10.8. The zero-order chi connectivity index (χ0) is 13.8. The largest absolute Gasteiger partial charge is 0.479 e. The minimum Gasteiger partial charge on any atom is -0.479 e. The minimum atomic E-state index is -1.33. The van der Waals surface area contributed by atoms with Crippen LogP contribution in [0.15, 0.2) is 30.3 Å². The van der Waals surface area contributed by atoms with E-state index >= 15 is 0 Å². The van der Waals surface area contributed by atoms with Gasteiger partial charge in [0.1, 0.15) is 0 Å². The Hall–Kier alpha value is -0.810. The van der Waals surface area contributed by atoms with Gasteiger partial charge in [-0.1, -0.05) is 30.3 Å². The fourth-order valence-corrected chi connectivity index (χ4v) is 1.08. The molecular weight excluding hydrogens is 279 g/mol. The van der Waals surface area contributed by atoms with Crippen molar-refractivity contribution in [3.05, 3.63) is 35.9 Å². The molecule has 0 aliphatic rings. The van der Waals surface area contributed by atoms with Crippen LogP contribution in [-0.2, 0) is 16.1 Å². The van der Waals surface area contributed by atoms with Crippen LogP contribution in [0.3, 0.4) is 0 Å². The molecule has 0 bridgehead atoms. The lowest BCUT2D eigenvalue weighted by molar-refractivity contribution is -0.147. The van der Waals surface area contributed by atoms with Gasteiger partial charge in [-0.3, -0.25) is 0 Å². The number of rotatable bonds is 6. The van der Waals surface area contributed by atoms with E-state index in [0.717, 1.165) is 5.56 Å². The third kappa shape index (κ3) is 9.24. The summed E-state index contributed by atoms with van der Waals surface area (Å²) < 4.78 is 5.22. The van der Waals surface area contributed by atoms with Crippen molar-refractivity contribution >= 4 is 29.2 Å². The van der Waals surface area contributed by atoms with Gasteiger partial charge in [-0.2, -0.15) is 0 Å². The molecule has 0 heterocycles. The Balaban J connectivity index is 0.000000873. The van der Waals surface area contributed by atoms with Gasteiger partial charge < -0.3 is 14.9 Å². The van der Waals surface area contributed by atoms with E-state index in [4.69, 9.17) is 38.2 Å². The molecule has 1 rings (SSSR count). The summed E-state index contributed by atoms with van der Waals surface area (Å²) in [5.41, 5.74) is 1.03. The quantitative estimate of drug-likeness (QED) is 0.625. The molecule has 0 spiro atoms. The number of ether oxygens (including phenoxy) is 1. The Morgan fingerprint density at radius 1 is 1.28 bits per heavy atom. The molecule has 0 unspecified atom stereocenters. The van der Waals surface area contributed by atoms with Crippen LogP contribution in [0.4, 0.5) is 0 Å². The normalized spacial score (nSPS) is 11.3. The van der Waals surface area contributed by atoms with Gasteiger partial charge in [-0.05, 0) is 5.56 Å². The zero-order valence-corrected chi connectivity index (χ0v) is 11.3. The molecule has 1 aromatic carbocycles. The molecule has 0 aliphatic heterocycles. The van der Waals surface area contributed by atoms with Gasteiger partial charge in [0.15, 0.2) is 6.10 Å². The molecule has 0 saturated carbocycles. The van der Waals surface area contributed by atoms with E-state index in [9.17, 15) is 4.79 Å². The Morgan fingerprint density at radius 3 is 2.33 bits per heavy atom. The average Bonchev–Trinajstić information content (AvgIpc) is 2.36. The number of aliphatic hydroxyl groups excluding tert-OH is 1. The first-order chi connectivity index (χ1) is 8.61. The first kappa shape index (κ1) is 17.2. The Labute approximate surface area is 116 Å². The molecule has 18 heavy (non-hydrogen) atoms. The highest BCUT2D eigenvalue weighted by Crippen LogP contribution is 2.01. The van der Waals surface area contributed by atoms with Crippen molar-refractivity contribution in [2.24, 2.45) is 0 Å². The van der Waals surface area contributed by atoms with Crippen molar-refractivity contribution in [1.82, 2.24) is 0 Å². The number of carbonyl (C=O) groups is 1. The number of carboxylic acid groups (broad SMARTS) is 1. The van der Waals surface area contributed by atoms with Gasteiger partial charge >= 0.3 is 5.97 Å². The molecule has 0 amide bonds. The lowest BCUT2D eigenvalue weighted by Gasteiger charge is -2.06. The van der Waals surface area contributed by atoms with Gasteiger partial charge in [0.25, 0.3) is 0 Å². The second-order valence-corrected chi connectivity index (χ2v) is 4.09. The summed E-state index contributed by atoms with van der Waals surface area (Å²) in [6.45, 7) is 0.676. The second kappa shape index (κ2) is 11.3. The molecule has 2 N–H and O–H groups in total. The number of carboxylic acids is 1. The highest BCUT2D eigenvalue weighted by atomic mass is 35.5.